The van der Waals surface area contributed by atoms with Crippen molar-refractivity contribution in [2.45, 2.75) is 32.9 Å². The minimum Gasteiger partial charge on any atom is -0.480 e. The summed E-state index contributed by atoms with van der Waals surface area (Å²) >= 11 is 0. The molecule has 0 aliphatic rings. The molecule has 0 aliphatic heterocycles. The smallest absolute Gasteiger partial charge is 0.326 e. The van der Waals surface area contributed by atoms with Crippen molar-refractivity contribution in [3.05, 3.63) is 29.6 Å². The van der Waals surface area contributed by atoms with Gasteiger partial charge in [-0.2, -0.15) is 0 Å². The largest absolute Gasteiger partial charge is 0.480 e. The van der Waals surface area contributed by atoms with Crippen LogP contribution in [0.15, 0.2) is 18.5 Å². The number of nitrogens with one attached hydrogen (secondary N) is 2. The van der Waals surface area contributed by atoms with Gasteiger partial charge in [-0.05, 0) is 30.5 Å². The lowest BCUT2D eigenvalue weighted by molar-refractivity contribution is -0.139. The summed E-state index contributed by atoms with van der Waals surface area (Å²) in [6.45, 7) is 3.94. The number of aryl methyl sites for hydroxylation is 1. The van der Waals surface area contributed by atoms with Crippen LogP contribution in [0.25, 0.3) is 0 Å². The first-order valence-electron chi connectivity index (χ1n) is 5.71. The van der Waals surface area contributed by atoms with Gasteiger partial charge in [0.1, 0.15) is 6.04 Å². The summed E-state index contributed by atoms with van der Waals surface area (Å²) in [4.78, 5) is 26.2. The van der Waals surface area contributed by atoms with Gasteiger partial charge >= 0.3 is 12.0 Å². The molecule has 0 spiro atoms. The molecule has 6 heteroatoms. The van der Waals surface area contributed by atoms with E-state index in [0.717, 1.165) is 11.1 Å². The zero-order valence-electron chi connectivity index (χ0n) is 10.4. The lowest BCUT2D eigenvalue weighted by Gasteiger charge is -2.13. The molecule has 1 atom stereocenters. The van der Waals surface area contributed by atoms with Crippen LogP contribution in [0.4, 0.5) is 4.79 Å². The maximum Gasteiger partial charge on any atom is 0.326 e. The van der Waals surface area contributed by atoms with E-state index in [2.05, 4.69) is 15.6 Å². The molecule has 6 nitrogen and oxygen atoms in total. The van der Waals surface area contributed by atoms with Gasteiger partial charge in [-0.15, -0.1) is 0 Å². The molecule has 0 aromatic carbocycles. The van der Waals surface area contributed by atoms with Crippen LogP contribution in [0.3, 0.4) is 0 Å². The first-order valence-corrected chi connectivity index (χ1v) is 5.71. The van der Waals surface area contributed by atoms with E-state index < -0.39 is 18.0 Å². The first-order chi connectivity index (χ1) is 8.54. The molecule has 0 bridgehead atoms. The van der Waals surface area contributed by atoms with Gasteiger partial charge in [0.2, 0.25) is 0 Å². The van der Waals surface area contributed by atoms with Crippen LogP contribution < -0.4 is 10.6 Å². The van der Waals surface area contributed by atoms with Gasteiger partial charge in [0.15, 0.2) is 0 Å². The standard InChI is InChI=1S/C12H17N3O3/c1-3-10(11(16)17)15-12(18)14-7-9-6-13-5-4-8(9)2/h4-6,10H,3,7H2,1-2H3,(H,16,17)(H2,14,15,18). The average Bonchev–Trinajstić information content (AvgIpc) is 2.34. The maximum atomic E-state index is 11.5. The fourth-order valence-corrected chi connectivity index (χ4v) is 1.40. The van der Waals surface area contributed by atoms with Gasteiger partial charge < -0.3 is 15.7 Å². The molecule has 0 radical (unpaired) electrons. The van der Waals surface area contributed by atoms with E-state index in [4.69, 9.17) is 5.11 Å². The van der Waals surface area contributed by atoms with Crippen molar-refractivity contribution in [1.82, 2.24) is 15.6 Å². The van der Waals surface area contributed by atoms with Crippen LogP contribution in [0.1, 0.15) is 24.5 Å². The fraction of sp³-hybridized carbons (Fsp3) is 0.417. The highest BCUT2D eigenvalue weighted by molar-refractivity contribution is 5.82. The highest BCUT2D eigenvalue weighted by Gasteiger charge is 2.17. The molecule has 98 valence electrons. The summed E-state index contributed by atoms with van der Waals surface area (Å²) in [7, 11) is 0. The molecule has 1 heterocycles. The highest BCUT2D eigenvalue weighted by atomic mass is 16.4. The van der Waals surface area contributed by atoms with E-state index in [0.29, 0.717) is 13.0 Å². The molecule has 2 amide bonds. The number of amides is 2. The van der Waals surface area contributed by atoms with Crippen LogP contribution in [0.5, 0.6) is 0 Å². The topological polar surface area (TPSA) is 91.3 Å². The predicted molar refractivity (Wildman–Crippen MR) is 66.1 cm³/mol. The van der Waals surface area contributed by atoms with Crippen LogP contribution >= 0.6 is 0 Å². The van der Waals surface area contributed by atoms with Crippen LogP contribution in [-0.4, -0.2) is 28.1 Å². The van der Waals surface area contributed by atoms with Crippen molar-refractivity contribution in [2.24, 2.45) is 0 Å². The SMILES string of the molecule is CCC(NC(=O)NCc1cnccc1C)C(=O)O. The molecule has 1 aromatic rings. The number of pyridine rings is 1. The molecular formula is C12H17N3O3. The van der Waals surface area contributed by atoms with E-state index in [9.17, 15) is 9.59 Å². The van der Waals surface area contributed by atoms with Gasteiger partial charge in [-0.3, -0.25) is 4.98 Å². The third kappa shape index (κ3) is 4.04. The summed E-state index contributed by atoms with van der Waals surface area (Å²) in [6.07, 6.45) is 3.69. The van der Waals surface area contributed by atoms with Gasteiger partial charge in [0, 0.05) is 18.9 Å². The zero-order chi connectivity index (χ0) is 13.5. The monoisotopic (exact) mass is 251 g/mol. The molecule has 0 aliphatic carbocycles. The Morgan fingerprint density at radius 2 is 2.22 bits per heavy atom. The van der Waals surface area contributed by atoms with Crippen LogP contribution in [-0.2, 0) is 11.3 Å². The zero-order valence-corrected chi connectivity index (χ0v) is 10.4. The number of carbonyl (C=O) groups is 2. The van der Waals surface area contributed by atoms with Crippen LogP contribution in [0.2, 0.25) is 0 Å². The maximum absolute atomic E-state index is 11.5. The van der Waals surface area contributed by atoms with Gasteiger partial charge in [0.05, 0.1) is 0 Å². The summed E-state index contributed by atoms with van der Waals surface area (Å²) in [5, 5.41) is 13.8. The second-order valence-electron chi connectivity index (χ2n) is 3.93. The van der Waals surface area contributed by atoms with E-state index >= 15 is 0 Å². The number of carboxylic acids is 1. The average molecular weight is 251 g/mol. The van der Waals surface area contributed by atoms with Crippen molar-refractivity contribution in [2.75, 3.05) is 0 Å². The Balaban J connectivity index is 2.47. The summed E-state index contributed by atoms with van der Waals surface area (Å²) < 4.78 is 0. The predicted octanol–water partition coefficient (Wildman–Crippen LogP) is 1.05. The second-order valence-corrected chi connectivity index (χ2v) is 3.93. The third-order valence-corrected chi connectivity index (χ3v) is 2.60. The van der Waals surface area contributed by atoms with E-state index in [1.807, 2.05) is 13.0 Å². The van der Waals surface area contributed by atoms with Crippen molar-refractivity contribution in [1.29, 1.82) is 0 Å². The lowest BCUT2D eigenvalue weighted by Crippen LogP contribution is -2.45. The first kappa shape index (κ1) is 14.0. The number of nitrogens with zero attached hydrogens (tertiary/aromatic N) is 1. The molecule has 3 N–H and O–H groups in total. The molecule has 0 fully saturated rings. The quantitative estimate of drug-likeness (QED) is 0.729. The second kappa shape index (κ2) is 6.58. The number of aliphatic carboxylic acids is 1. The van der Waals surface area contributed by atoms with Crippen molar-refractivity contribution in [3.8, 4) is 0 Å². The molecular weight excluding hydrogens is 234 g/mol. The molecule has 0 saturated heterocycles. The Morgan fingerprint density at radius 1 is 1.50 bits per heavy atom. The number of aromatic nitrogens is 1. The normalized spacial score (nSPS) is 11.7. The lowest BCUT2D eigenvalue weighted by atomic mass is 10.1. The van der Waals surface area contributed by atoms with Crippen molar-refractivity contribution >= 4 is 12.0 Å². The molecule has 0 saturated carbocycles. The molecule has 1 unspecified atom stereocenters. The van der Waals surface area contributed by atoms with Gasteiger partial charge in [-0.25, -0.2) is 9.59 Å². The van der Waals surface area contributed by atoms with Gasteiger partial charge in [-0.1, -0.05) is 6.92 Å². The Hall–Kier alpha value is -2.11. The Kier molecular flexibility index (Phi) is 5.10. The number of hydrogen-bond donors (Lipinski definition) is 3. The number of carbonyl (C=O) groups excluding carboxylic acids is 1. The number of urea groups is 1. The highest BCUT2D eigenvalue weighted by Crippen LogP contribution is 2.03. The van der Waals surface area contributed by atoms with E-state index in [1.54, 1.807) is 19.3 Å². The summed E-state index contributed by atoms with van der Waals surface area (Å²) in [5.74, 6) is -1.04. The minimum absolute atomic E-state index is 0.321. The molecule has 1 rings (SSSR count). The van der Waals surface area contributed by atoms with E-state index in [-0.39, 0.29) is 0 Å². The Morgan fingerprint density at radius 3 is 2.78 bits per heavy atom. The molecule has 18 heavy (non-hydrogen) atoms. The summed E-state index contributed by atoms with van der Waals surface area (Å²) in [5.41, 5.74) is 1.92. The molecule has 1 aromatic heterocycles. The fourth-order valence-electron chi connectivity index (χ4n) is 1.40. The number of carboxylic acid groups (broad SMARTS) is 1. The Labute approximate surface area is 105 Å². The summed E-state index contributed by atoms with van der Waals surface area (Å²) in [6, 6.07) is 0.494. The number of hydrogen-bond acceptors (Lipinski definition) is 3. The van der Waals surface area contributed by atoms with Crippen molar-refractivity contribution in [3.63, 3.8) is 0 Å². The van der Waals surface area contributed by atoms with Crippen molar-refractivity contribution < 1.29 is 14.7 Å². The minimum atomic E-state index is -1.04. The Bertz CT molecular complexity index is 434. The third-order valence-electron chi connectivity index (χ3n) is 2.60. The van der Waals surface area contributed by atoms with Gasteiger partial charge in [0.25, 0.3) is 0 Å². The van der Waals surface area contributed by atoms with Crippen LogP contribution in [0, 0.1) is 6.92 Å². The number of rotatable bonds is 5. The van der Waals surface area contributed by atoms with E-state index in [1.165, 1.54) is 0 Å².